The molecule has 1 aromatic rings. The van der Waals surface area contributed by atoms with Crippen LogP contribution in [-0.2, 0) is 4.79 Å². The molecule has 1 fully saturated rings. The van der Waals surface area contributed by atoms with Crippen LogP contribution in [0.15, 0.2) is 18.2 Å². The summed E-state index contributed by atoms with van der Waals surface area (Å²) in [6.45, 7) is 2.54. The molecule has 5 heteroatoms. The summed E-state index contributed by atoms with van der Waals surface area (Å²) < 4.78 is 13.1. The van der Waals surface area contributed by atoms with Gasteiger partial charge in [0.05, 0.1) is 0 Å². The van der Waals surface area contributed by atoms with E-state index in [-0.39, 0.29) is 11.9 Å². The third-order valence-electron chi connectivity index (χ3n) is 2.55. The molecular formula is C11H12ClFN2O. The van der Waals surface area contributed by atoms with Crippen molar-refractivity contribution in [2.45, 2.75) is 19.0 Å². The van der Waals surface area contributed by atoms with Crippen molar-refractivity contribution >= 4 is 17.5 Å². The van der Waals surface area contributed by atoms with Crippen LogP contribution in [0, 0.1) is 5.82 Å². The molecule has 3 nitrogen and oxygen atoms in total. The average molecular weight is 243 g/mol. The van der Waals surface area contributed by atoms with Crippen LogP contribution in [0.25, 0.3) is 0 Å². The third-order valence-corrected chi connectivity index (χ3v) is 2.89. The van der Waals surface area contributed by atoms with Crippen LogP contribution < -0.4 is 10.6 Å². The first-order valence-electron chi connectivity index (χ1n) is 5.06. The first-order chi connectivity index (χ1) is 7.58. The molecule has 0 bridgehead atoms. The van der Waals surface area contributed by atoms with Crippen LogP contribution >= 0.6 is 11.6 Å². The van der Waals surface area contributed by atoms with E-state index in [1.165, 1.54) is 18.2 Å². The Morgan fingerprint density at radius 2 is 2.25 bits per heavy atom. The number of hydrogen-bond donors (Lipinski definition) is 2. The molecule has 1 aromatic carbocycles. The second-order valence-corrected chi connectivity index (χ2v) is 4.32. The zero-order chi connectivity index (χ0) is 11.7. The van der Waals surface area contributed by atoms with Crippen molar-refractivity contribution in [2.24, 2.45) is 0 Å². The fourth-order valence-electron chi connectivity index (χ4n) is 1.75. The van der Waals surface area contributed by atoms with Crippen molar-refractivity contribution in [1.29, 1.82) is 0 Å². The minimum absolute atomic E-state index is 0.0797. The molecule has 86 valence electrons. The van der Waals surface area contributed by atoms with Gasteiger partial charge in [0.15, 0.2) is 0 Å². The molecule has 0 aromatic heterocycles. The molecule has 0 radical (unpaired) electrons. The van der Waals surface area contributed by atoms with Crippen molar-refractivity contribution in [3.05, 3.63) is 34.6 Å². The highest BCUT2D eigenvalue weighted by molar-refractivity contribution is 6.31. The summed E-state index contributed by atoms with van der Waals surface area (Å²) in [5, 5.41) is 6.22. The maximum atomic E-state index is 13.1. The number of carbonyl (C=O) groups is 1. The maximum absolute atomic E-state index is 13.1. The van der Waals surface area contributed by atoms with Crippen LogP contribution in [0.4, 0.5) is 4.39 Å². The first kappa shape index (κ1) is 11.4. The number of hydrogen-bond acceptors (Lipinski definition) is 2. The van der Waals surface area contributed by atoms with Gasteiger partial charge in [-0.3, -0.25) is 4.79 Å². The Kier molecular flexibility index (Phi) is 3.12. The molecule has 1 heterocycles. The quantitative estimate of drug-likeness (QED) is 0.786. The van der Waals surface area contributed by atoms with Crippen molar-refractivity contribution < 1.29 is 9.18 Å². The largest absolute Gasteiger partial charge is 0.351 e. The molecule has 0 aliphatic carbocycles. The fourth-order valence-corrected chi connectivity index (χ4v) is 1.98. The van der Waals surface area contributed by atoms with Crippen molar-refractivity contribution in [1.82, 2.24) is 10.6 Å². The standard InChI is InChI=1S/C11H12ClFN2O/c1-6-5-14-10(11(16)15-6)8-4-7(13)2-3-9(8)12/h2-4,6,10,14H,5H2,1H3,(H,15,16). The molecule has 1 saturated heterocycles. The Bertz CT molecular complexity index is 424. The van der Waals surface area contributed by atoms with E-state index in [9.17, 15) is 9.18 Å². The summed E-state index contributed by atoms with van der Waals surface area (Å²) in [5.74, 6) is -0.570. The SMILES string of the molecule is CC1CNC(c2cc(F)ccc2Cl)C(=O)N1. The van der Waals surface area contributed by atoms with Crippen molar-refractivity contribution in [2.75, 3.05) is 6.54 Å². The van der Waals surface area contributed by atoms with Gasteiger partial charge in [-0.05, 0) is 30.7 Å². The fraction of sp³-hybridized carbons (Fsp3) is 0.364. The van der Waals surface area contributed by atoms with Gasteiger partial charge in [-0.1, -0.05) is 11.6 Å². The average Bonchev–Trinajstić information content (AvgIpc) is 2.22. The van der Waals surface area contributed by atoms with Crippen LogP contribution in [0.5, 0.6) is 0 Å². The molecule has 2 N–H and O–H groups in total. The smallest absolute Gasteiger partial charge is 0.242 e. The van der Waals surface area contributed by atoms with Gasteiger partial charge in [0.25, 0.3) is 0 Å². The highest BCUT2D eigenvalue weighted by Crippen LogP contribution is 2.25. The second kappa shape index (κ2) is 4.39. The normalized spacial score (nSPS) is 25.3. The van der Waals surface area contributed by atoms with Gasteiger partial charge >= 0.3 is 0 Å². The molecule has 0 spiro atoms. The number of piperazine rings is 1. The maximum Gasteiger partial charge on any atom is 0.242 e. The summed E-state index contributed by atoms with van der Waals surface area (Å²) in [7, 11) is 0. The van der Waals surface area contributed by atoms with E-state index in [0.29, 0.717) is 17.1 Å². The zero-order valence-corrected chi connectivity index (χ0v) is 9.51. The molecule has 1 aliphatic rings. The number of rotatable bonds is 1. The van der Waals surface area contributed by atoms with Crippen LogP contribution in [-0.4, -0.2) is 18.5 Å². The first-order valence-corrected chi connectivity index (χ1v) is 5.44. The number of benzene rings is 1. The van der Waals surface area contributed by atoms with E-state index in [1.807, 2.05) is 6.92 Å². The monoisotopic (exact) mass is 242 g/mol. The molecule has 1 amide bonds. The van der Waals surface area contributed by atoms with Crippen molar-refractivity contribution in [3.8, 4) is 0 Å². The Morgan fingerprint density at radius 1 is 1.50 bits per heavy atom. The van der Waals surface area contributed by atoms with Crippen LogP contribution in [0.2, 0.25) is 5.02 Å². The summed E-state index contributed by atoms with van der Waals surface area (Å²) in [4.78, 5) is 11.7. The van der Waals surface area contributed by atoms with E-state index < -0.39 is 11.9 Å². The highest BCUT2D eigenvalue weighted by Gasteiger charge is 2.28. The van der Waals surface area contributed by atoms with Crippen LogP contribution in [0.3, 0.4) is 0 Å². The van der Waals surface area contributed by atoms with Gasteiger partial charge in [-0.25, -0.2) is 4.39 Å². The molecule has 1 aliphatic heterocycles. The molecule has 2 unspecified atom stereocenters. The predicted molar refractivity (Wildman–Crippen MR) is 59.8 cm³/mol. The lowest BCUT2D eigenvalue weighted by Gasteiger charge is -2.28. The minimum Gasteiger partial charge on any atom is -0.351 e. The Labute approximate surface area is 98.0 Å². The molecular weight excluding hydrogens is 231 g/mol. The Morgan fingerprint density at radius 3 is 2.94 bits per heavy atom. The topological polar surface area (TPSA) is 41.1 Å². The lowest BCUT2D eigenvalue weighted by molar-refractivity contribution is -0.125. The van der Waals surface area contributed by atoms with E-state index in [0.717, 1.165) is 0 Å². The van der Waals surface area contributed by atoms with Gasteiger partial charge < -0.3 is 10.6 Å². The molecule has 0 saturated carbocycles. The van der Waals surface area contributed by atoms with E-state index in [1.54, 1.807) is 0 Å². The van der Waals surface area contributed by atoms with Gasteiger partial charge in [-0.15, -0.1) is 0 Å². The van der Waals surface area contributed by atoms with E-state index in [2.05, 4.69) is 10.6 Å². The summed E-state index contributed by atoms with van der Waals surface area (Å²) in [5.41, 5.74) is 0.478. The Balaban J connectivity index is 2.30. The van der Waals surface area contributed by atoms with Gasteiger partial charge in [0.1, 0.15) is 11.9 Å². The van der Waals surface area contributed by atoms with Gasteiger partial charge in [0, 0.05) is 17.6 Å². The van der Waals surface area contributed by atoms with Crippen LogP contribution in [0.1, 0.15) is 18.5 Å². The molecule has 2 rings (SSSR count). The van der Waals surface area contributed by atoms with E-state index >= 15 is 0 Å². The zero-order valence-electron chi connectivity index (χ0n) is 8.76. The molecule has 2 atom stereocenters. The van der Waals surface area contributed by atoms with E-state index in [4.69, 9.17) is 11.6 Å². The lowest BCUT2D eigenvalue weighted by atomic mass is 10.0. The van der Waals surface area contributed by atoms with Gasteiger partial charge in [0.2, 0.25) is 5.91 Å². The summed E-state index contributed by atoms with van der Waals surface area (Å²) in [6, 6.07) is 3.53. The molecule has 16 heavy (non-hydrogen) atoms. The second-order valence-electron chi connectivity index (χ2n) is 3.92. The third kappa shape index (κ3) is 2.18. The predicted octanol–water partition coefficient (Wildman–Crippen LogP) is 1.63. The summed E-state index contributed by atoms with van der Waals surface area (Å²) in [6.07, 6.45) is 0. The Hall–Kier alpha value is -1.13. The number of carbonyl (C=O) groups excluding carboxylic acids is 1. The van der Waals surface area contributed by atoms with Gasteiger partial charge in [-0.2, -0.15) is 0 Å². The number of halogens is 2. The highest BCUT2D eigenvalue weighted by atomic mass is 35.5. The lowest BCUT2D eigenvalue weighted by Crippen LogP contribution is -2.52. The van der Waals surface area contributed by atoms with Crippen molar-refractivity contribution in [3.63, 3.8) is 0 Å². The number of amides is 1. The number of nitrogens with one attached hydrogen (secondary N) is 2. The minimum atomic E-state index is -0.570. The summed E-state index contributed by atoms with van der Waals surface area (Å²) >= 11 is 5.94.